The van der Waals surface area contributed by atoms with E-state index in [0.717, 1.165) is 0 Å². The molecule has 1 amide bonds. The molecule has 0 aliphatic rings. The van der Waals surface area contributed by atoms with Crippen LogP contribution in [0, 0.1) is 19.7 Å². The van der Waals surface area contributed by atoms with Crippen LogP contribution in [0.15, 0.2) is 85.5 Å². The number of aromatic nitrogens is 6. The van der Waals surface area contributed by atoms with Crippen LogP contribution < -0.4 is 20.0 Å². The first kappa shape index (κ1) is 31.0. The monoisotopic (exact) mass is 654 g/mol. The number of ether oxygens (including phenoxy) is 1. The zero-order valence-corrected chi connectivity index (χ0v) is 25.9. The molecule has 0 saturated heterocycles. The van der Waals surface area contributed by atoms with Gasteiger partial charge in [0.05, 0.1) is 34.5 Å². The Hall–Kier alpha value is -5.96. The molecule has 3 N–H and O–H groups in total. The van der Waals surface area contributed by atoms with Gasteiger partial charge in [-0.3, -0.25) is 9.78 Å². The van der Waals surface area contributed by atoms with Gasteiger partial charge in [0.25, 0.3) is 0 Å². The second kappa shape index (κ2) is 12.8. The van der Waals surface area contributed by atoms with Crippen LogP contribution in [0.2, 0.25) is 0 Å². The molecule has 238 valence electrons. The number of carbonyl (C=O) groups is 1. The summed E-state index contributed by atoms with van der Waals surface area (Å²) in [5.74, 6) is -1.46. The zero-order chi connectivity index (χ0) is 33.1. The molecule has 4 aromatic heterocycles. The first-order valence-electron chi connectivity index (χ1n) is 14.2. The van der Waals surface area contributed by atoms with E-state index in [-0.39, 0.29) is 29.7 Å². The van der Waals surface area contributed by atoms with Gasteiger partial charge in [0.15, 0.2) is 17.4 Å². The van der Waals surface area contributed by atoms with Crippen molar-refractivity contribution < 1.29 is 26.5 Å². The van der Waals surface area contributed by atoms with Gasteiger partial charge in [0, 0.05) is 35.6 Å². The average Bonchev–Trinajstić information content (AvgIpc) is 3.35. The lowest BCUT2D eigenvalue weighted by Crippen LogP contribution is -2.20. The molecule has 0 bridgehead atoms. The Balaban J connectivity index is 1.25. The maximum Gasteiger partial charge on any atom is 0.322 e. The third kappa shape index (κ3) is 6.84. The Bertz CT molecular complexity index is 2210. The van der Waals surface area contributed by atoms with E-state index in [1.807, 2.05) is 6.92 Å². The SMILES string of the molecule is Cc1ccnc(Oc2ccc(-n3c(-c4ccc(NC(=O)CCS(=O)(=O)Oc5ccccc5)cn4)c(C)c4ncnc(N)c43)cc2F)n1. The summed E-state index contributed by atoms with van der Waals surface area (Å²) in [5, 5.41) is 2.65. The normalized spacial score (nSPS) is 11.4. The third-order valence-corrected chi connectivity index (χ3v) is 8.14. The van der Waals surface area contributed by atoms with Gasteiger partial charge >= 0.3 is 16.1 Å². The molecular weight excluding hydrogens is 627 g/mol. The van der Waals surface area contributed by atoms with Crippen LogP contribution in [0.5, 0.6) is 17.5 Å². The number of nitrogens with zero attached hydrogens (tertiary/aromatic N) is 6. The van der Waals surface area contributed by atoms with Crippen molar-refractivity contribution in [2.24, 2.45) is 0 Å². The Morgan fingerprint density at radius 3 is 2.53 bits per heavy atom. The lowest BCUT2D eigenvalue weighted by molar-refractivity contribution is -0.115. The Morgan fingerprint density at radius 2 is 1.81 bits per heavy atom. The predicted octanol–water partition coefficient (Wildman–Crippen LogP) is 5.14. The maximum atomic E-state index is 15.4. The van der Waals surface area contributed by atoms with Gasteiger partial charge in [-0.25, -0.2) is 24.3 Å². The summed E-state index contributed by atoms with van der Waals surface area (Å²) in [6.45, 7) is 3.60. The number of para-hydroxylation sites is 1. The summed E-state index contributed by atoms with van der Waals surface area (Å²) in [6.07, 6.45) is 3.96. The topological polar surface area (TPSA) is 177 Å². The highest BCUT2D eigenvalue weighted by atomic mass is 32.2. The molecule has 0 spiro atoms. The van der Waals surface area contributed by atoms with Crippen molar-refractivity contribution in [3.63, 3.8) is 0 Å². The first-order valence-corrected chi connectivity index (χ1v) is 15.8. The van der Waals surface area contributed by atoms with E-state index < -0.39 is 27.6 Å². The minimum atomic E-state index is -3.98. The van der Waals surface area contributed by atoms with Gasteiger partial charge in [0.1, 0.15) is 17.6 Å². The molecule has 0 atom stereocenters. The standard InChI is InChI=1S/C32H27FN8O5S/c1-19-12-14-35-32(39-19)45-26-11-9-22(16-24(26)33)41-29(20(2)28-30(41)31(34)38-18-37-28)25-10-8-21(17-36-25)40-27(42)13-15-47(43,44)46-23-6-4-3-5-7-23/h3-12,14,16-18H,13,15H2,1-2H3,(H,40,42)(H2,34,37,38). The number of pyridine rings is 1. The zero-order valence-electron chi connectivity index (χ0n) is 25.1. The van der Waals surface area contributed by atoms with Crippen LogP contribution in [0.1, 0.15) is 17.7 Å². The molecule has 0 saturated carbocycles. The molecule has 6 aromatic rings. The molecule has 6 rings (SSSR count). The molecule has 15 heteroatoms. The molecular formula is C32H27FN8O5S. The maximum absolute atomic E-state index is 15.4. The van der Waals surface area contributed by atoms with Crippen LogP contribution in [0.25, 0.3) is 28.1 Å². The number of halogens is 1. The minimum absolute atomic E-state index is 0.00997. The second-order valence-electron chi connectivity index (χ2n) is 10.4. The fourth-order valence-electron chi connectivity index (χ4n) is 4.84. The fourth-order valence-corrected chi connectivity index (χ4v) is 5.77. The highest BCUT2D eigenvalue weighted by Crippen LogP contribution is 2.37. The number of aryl methyl sites for hydroxylation is 2. The number of carbonyl (C=O) groups excluding carboxylic acids is 1. The number of rotatable bonds is 10. The van der Waals surface area contributed by atoms with Crippen molar-refractivity contribution in [3.8, 4) is 34.6 Å². The number of nitrogen functional groups attached to an aromatic ring is 1. The van der Waals surface area contributed by atoms with Gasteiger partial charge in [-0.05, 0) is 56.3 Å². The summed E-state index contributed by atoms with van der Waals surface area (Å²) < 4.78 is 52.3. The van der Waals surface area contributed by atoms with Crippen molar-refractivity contribution in [1.29, 1.82) is 0 Å². The molecule has 2 aromatic carbocycles. The van der Waals surface area contributed by atoms with Gasteiger partial charge in [-0.2, -0.15) is 8.42 Å². The molecule has 4 heterocycles. The van der Waals surface area contributed by atoms with Gasteiger partial charge in [-0.15, -0.1) is 0 Å². The Morgan fingerprint density at radius 1 is 1.00 bits per heavy atom. The van der Waals surface area contributed by atoms with Gasteiger partial charge in [0.2, 0.25) is 5.91 Å². The number of fused-ring (bicyclic) bond motifs is 1. The van der Waals surface area contributed by atoms with Crippen LogP contribution in [0.4, 0.5) is 15.9 Å². The summed E-state index contributed by atoms with van der Waals surface area (Å²) in [4.78, 5) is 33.8. The molecule has 0 radical (unpaired) electrons. The predicted molar refractivity (Wildman–Crippen MR) is 172 cm³/mol. The van der Waals surface area contributed by atoms with E-state index in [2.05, 4.69) is 30.2 Å². The number of benzene rings is 2. The molecule has 47 heavy (non-hydrogen) atoms. The van der Waals surface area contributed by atoms with E-state index in [0.29, 0.717) is 45.1 Å². The van der Waals surface area contributed by atoms with E-state index in [9.17, 15) is 13.2 Å². The van der Waals surface area contributed by atoms with Crippen molar-refractivity contribution in [1.82, 2.24) is 29.5 Å². The van der Waals surface area contributed by atoms with Crippen LogP contribution in [-0.4, -0.2) is 49.6 Å². The summed E-state index contributed by atoms with van der Waals surface area (Å²) in [5.41, 5.74) is 10.4. The number of anilines is 2. The van der Waals surface area contributed by atoms with E-state index in [1.54, 1.807) is 54.0 Å². The summed E-state index contributed by atoms with van der Waals surface area (Å²) in [7, 11) is -3.98. The molecule has 0 unspecified atom stereocenters. The van der Waals surface area contributed by atoms with Gasteiger partial charge in [-0.1, -0.05) is 18.2 Å². The van der Waals surface area contributed by atoms with Crippen LogP contribution in [0.3, 0.4) is 0 Å². The fraction of sp³-hybridized carbons (Fsp3) is 0.125. The highest BCUT2D eigenvalue weighted by Gasteiger charge is 2.23. The van der Waals surface area contributed by atoms with Crippen LogP contribution >= 0.6 is 0 Å². The largest absolute Gasteiger partial charge is 0.421 e. The minimum Gasteiger partial charge on any atom is -0.421 e. The Labute approximate surface area is 268 Å². The molecule has 0 fully saturated rings. The summed E-state index contributed by atoms with van der Waals surface area (Å²) in [6, 6.07) is 17.4. The van der Waals surface area contributed by atoms with E-state index in [4.69, 9.17) is 14.7 Å². The van der Waals surface area contributed by atoms with E-state index >= 15 is 4.39 Å². The molecule has 13 nitrogen and oxygen atoms in total. The number of hydrogen-bond donors (Lipinski definition) is 2. The number of nitrogens with one attached hydrogen (secondary N) is 1. The number of amides is 1. The summed E-state index contributed by atoms with van der Waals surface area (Å²) >= 11 is 0. The second-order valence-corrected chi connectivity index (χ2v) is 12.0. The van der Waals surface area contributed by atoms with E-state index in [1.165, 1.54) is 43.0 Å². The lowest BCUT2D eigenvalue weighted by Gasteiger charge is -2.14. The smallest absolute Gasteiger partial charge is 0.322 e. The van der Waals surface area contributed by atoms with Crippen molar-refractivity contribution in [2.75, 3.05) is 16.8 Å². The first-order chi connectivity index (χ1) is 22.6. The molecule has 0 aliphatic heterocycles. The Kier molecular flexibility index (Phi) is 8.46. The lowest BCUT2D eigenvalue weighted by atomic mass is 10.1. The van der Waals surface area contributed by atoms with Gasteiger partial charge < -0.3 is 24.5 Å². The average molecular weight is 655 g/mol. The third-order valence-electron chi connectivity index (χ3n) is 6.99. The number of nitrogens with two attached hydrogens (primary N) is 1. The van der Waals surface area contributed by atoms with Crippen LogP contribution in [-0.2, 0) is 14.9 Å². The quantitative estimate of drug-likeness (QED) is 0.187. The van der Waals surface area contributed by atoms with Crippen molar-refractivity contribution in [2.45, 2.75) is 20.3 Å². The number of hydrogen-bond acceptors (Lipinski definition) is 11. The molecule has 0 aliphatic carbocycles. The highest BCUT2D eigenvalue weighted by molar-refractivity contribution is 7.87. The van der Waals surface area contributed by atoms with Crippen molar-refractivity contribution in [3.05, 3.63) is 103 Å². The van der Waals surface area contributed by atoms with Crippen molar-refractivity contribution >= 4 is 38.6 Å².